The van der Waals surface area contributed by atoms with E-state index in [1.54, 1.807) is 6.07 Å². The molecule has 1 N–H and O–H groups in total. The Hall–Kier alpha value is -1.69. The van der Waals surface area contributed by atoms with Crippen LogP contribution in [0.5, 0.6) is 5.88 Å². The number of hydrogen-bond donors (Lipinski definition) is 1. The van der Waals surface area contributed by atoms with E-state index >= 15 is 0 Å². The van der Waals surface area contributed by atoms with Gasteiger partial charge in [-0.05, 0) is 14.0 Å². The van der Waals surface area contributed by atoms with Gasteiger partial charge in [0.1, 0.15) is 6.10 Å². The summed E-state index contributed by atoms with van der Waals surface area (Å²) in [4.78, 5) is 18.9. The summed E-state index contributed by atoms with van der Waals surface area (Å²) in [6, 6.07) is 1.60. The van der Waals surface area contributed by atoms with E-state index in [0.29, 0.717) is 12.4 Å². The molecule has 0 amide bonds. The van der Waals surface area contributed by atoms with E-state index in [1.165, 1.54) is 13.3 Å². The van der Waals surface area contributed by atoms with E-state index in [2.05, 4.69) is 20.0 Å². The maximum Gasteiger partial charge on any atom is 0.376 e. The second-order valence-electron chi connectivity index (χ2n) is 3.20. The van der Waals surface area contributed by atoms with Crippen LogP contribution >= 0.6 is 0 Å². The van der Waals surface area contributed by atoms with E-state index in [1.807, 2.05) is 14.0 Å². The number of esters is 1. The van der Waals surface area contributed by atoms with Crippen molar-refractivity contribution in [3.63, 3.8) is 0 Å². The number of likely N-dealkylation sites (N-methyl/N-ethyl adjacent to an activating group) is 1. The second kappa shape index (κ2) is 6.02. The molecule has 0 spiro atoms. The highest BCUT2D eigenvalue weighted by molar-refractivity contribution is 5.84. The van der Waals surface area contributed by atoms with Gasteiger partial charge in [0.15, 0.2) is 0 Å². The molecule has 88 valence electrons. The molecule has 0 radical (unpaired) electrons. The number of nitrogens with one attached hydrogen (secondary N) is 1. The van der Waals surface area contributed by atoms with Crippen LogP contribution in [-0.2, 0) is 4.74 Å². The summed E-state index contributed by atoms with van der Waals surface area (Å²) in [5, 5.41) is 2.98. The molecule has 6 heteroatoms. The van der Waals surface area contributed by atoms with Crippen LogP contribution in [-0.4, -0.2) is 42.7 Å². The normalized spacial score (nSPS) is 11.9. The highest BCUT2D eigenvalue weighted by Crippen LogP contribution is 2.07. The van der Waals surface area contributed by atoms with E-state index in [0.717, 1.165) is 0 Å². The van der Waals surface area contributed by atoms with Crippen molar-refractivity contribution >= 4 is 5.97 Å². The van der Waals surface area contributed by atoms with E-state index in [4.69, 9.17) is 4.74 Å². The summed E-state index contributed by atoms with van der Waals surface area (Å²) in [5.41, 5.74) is 0. The molecular weight excluding hydrogens is 210 g/mol. The van der Waals surface area contributed by atoms with Crippen LogP contribution in [0.25, 0.3) is 0 Å². The maximum absolute atomic E-state index is 11.2. The molecule has 0 aromatic carbocycles. The molecule has 6 nitrogen and oxygen atoms in total. The van der Waals surface area contributed by atoms with Gasteiger partial charge < -0.3 is 14.8 Å². The van der Waals surface area contributed by atoms with Crippen LogP contribution < -0.4 is 10.1 Å². The monoisotopic (exact) mass is 225 g/mol. The van der Waals surface area contributed by atoms with Gasteiger partial charge in [0.25, 0.3) is 0 Å². The molecule has 0 aliphatic rings. The zero-order valence-electron chi connectivity index (χ0n) is 9.56. The number of carbonyl (C=O) groups excluding carboxylic acids is 1. The summed E-state index contributed by atoms with van der Waals surface area (Å²) in [6.07, 6.45) is 1.42. The fourth-order valence-electron chi connectivity index (χ4n) is 1.13. The quantitative estimate of drug-likeness (QED) is 0.724. The Bertz CT molecular complexity index is 357. The molecular formula is C10H15N3O3. The van der Waals surface area contributed by atoms with Crippen LogP contribution in [0.2, 0.25) is 0 Å². The summed E-state index contributed by atoms with van der Waals surface area (Å²) in [6.45, 7) is 2.59. The van der Waals surface area contributed by atoms with Crippen molar-refractivity contribution in [1.29, 1.82) is 0 Å². The molecule has 0 saturated carbocycles. The van der Waals surface area contributed by atoms with Crippen molar-refractivity contribution < 1.29 is 14.3 Å². The lowest BCUT2D eigenvalue weighted by atomic mass is 10.4. The number of rotatable bonds is 5. The number of aromatic nitrogens is 2. The van der Waals surface area contributed by atoms with Crippen LogP contribution in [0, 0.1) is 0 Å². The third-order valence-corrected chi connectivity index (χ3v) is 1.81. The van der Waals surface area contributed by atoms with Crippen LogP contribution in [0.15, 0.2) is 12.3 Å². The SMILES string of the molecule is CNCC(C)Oc1ccnc(C(=O)OC)n1. The van der Waals surface area contributed by atoms with Gasteiger partial charge in [-0.25, -0.2) is 9.78 Å². The lowest BCUT2D eigenvalue weighted by molar-refractivity contribution is 0.0584. The molecule has 1 atom stereocenters. The molecule has 1 unspecified atom stereocenters. The molecule has 1 heterocycles. The van der Waals surface area contributed by atoms with E-state index < -0.39 is 5.97 Å². The van der Waals surface area contributed by atoms with Gasteiger partial charge >= 0.3 is 5.97 Å². The first kappa shape index (κ1) is 12.4. The topological polar surface area (TPSA) is 73.3 Å². The van der Waals surface area contributed by atoms with Crippen molar-refractivity contribution in [1.82, 2.24) is 15.3 Å². The minimum atomic E-state index is -0.577. The Morgan fingerprint density at radius 2 is 2.38 bits per heavy atom. The Balaban J connectivity index is 2.70. The largest absolute Gasteiger partial charge is 0.473 e. The predicted octanol–water partition coefficient (Wildman–Crippen LogP) is 0.250. The maximum atomic E-state index is 11.2. The standard InChI is InChI=1S/C10H15N3O3/c1-7(6-11-2)16-8-4-5-12-9(13-8)10(14)15-3/h4-5,7,11H,6H2,1-3H3. The lowest BCUT2D eigenvalue weighted by Crippen LogP contribution is -2.26. The molecule has 0 aliphatic carbocycles. The number of hydrogen-bond acceptors (Lipinski definition) is 6. The van der Waals surface area contributed by atoms with Gasteiger partial charge in [-0.1, -0.05) is 0 Å². The van der Waals surface area contributed by atoms with Gasteiger partial charge in [0, 0.05) is 18.8 Å². The Labute approximate surface area is 94.0 Å². The Morgan fingerprint density at radius 3 is 3.00 bits per heavy atom. The van der Waals surface area contributed by atoms with Gasteiger partial charge in [-0.3, -0.25) is 0 Å². The zero-order chi connectivity index (χ0) is 12.0. The minimum absolute atomic E-state index is 0.00309. The summed E-state index contributed by atoms with van der Waals surface area (Å²) < 4.78 is 9.98. The predicted molar refractivity (Wildman–Crippen MR) is 57.4 cm³/mol. The molecule has 0 aliphatic heterocycles. The fourth-order valence-corrected chi connectivity index (χ4v) is 1.13. The third-order valence-electron chi connectivity index (χ3n) is 1.81. The van der Waals surface area contributed by atoms with Crippen molar-refractivity contribution in [2.45, 2.75) is 13.0 Å². The molecule has 0 bridgehead atoms. The lowest BCUT2D eigenvalue weighted by Gasteiger charge is -2.12. The smallest absolute Gasteiger partial charge is 0.376 e. The summed E-state index contributed by atoms with van der Waals surface area (Å²) >= 11 is 0. The van der Waals surface area contributed by atoms with Gasteiger partial charge in [-0.15, -0.1) is 0 Å². The van der Waals surface area contributed by atoms with Crippen molar-refractivity contribution in [3.05, 3.63) is 18.1 Å². The summed E-state index contributed by atoms with van der Waals surface area (Å²) in [7, 11) is 3.11. The van der Waals surface area contributed by atoms with E-state index in [-0.39, 0.29) is 11.9 Å². The van der Waals surface area contributed by atoms with Crippen molar-refractivity contribution in [3.8, 4) is 5.88 Å². The molecule has 1 aromatic rings. The average molecular weight is 225 g/mol. The van der Waals surface area contributed by atoms with Crippen molar-refractivity contribution in [2.75, 3.05) is 20.7 Å². The van der Waals surface area contributed by atoms with Crippen LogP contribution in [0.1, 0.15) is 17.5 Å². The number of methoxy groups -OCH3 is 1. The first-order valence-corrected chi connectivity index (χ1v) is 4.90. The fraction of sp³-hybridized carbons (Fsp3) is 0.500. The second-order valence-corrected chi connectivity index (χ2v) is 3.20. The van der Waals surface area contributed by atoms with Crippen molar-refractivity contribution in [2.24, 2.45) is 0 Å². The van der Waals surface area contributed by atoms with Gasteiger partial charge in [0.05, 0.1) is 7.11 Å². The van der Waals surface area contributed by atoms with Crippen LogP contribution in [0.4, 0.5) is 0 Å². The molecule has 1 rings (SSSR count). The minimum Gasteiger partial charge on any atom is -0.473 e. The number of carbonyl (C=O) groups is 1. The Morgan fingerprint density at radius 1 is 1.62 bits per heavy atom. The van der Waals surface area contributed by atoms with Gasteiger partial charge in [-0.2, -0.15) is 4.98 Å². The first-order chi connectivity index (χ1) is 7.67. The highest BCUT2D eigenvalue weighted by atomic mass is 16.5. The third kappa shape index (κ3) is 3.47. The number of ether oxygens (including phenoxy) is 2. The van der Waals surface area contributed by atoms with E-state index in [9.17, 15) is 4.79 Å². The zero-order valence-corrected chi connectivity index (χ0v) is 9.56. The average Bonchev–Trinajstić information content (AvgIpc) is 2.28. The first-order valence-electron chi connectivity index (χ1n) is 4.90. The Kier molecular flexibility index (Phi) is 4.65. The highest BCUT2D eigenvalue weighted by Gasteiger charge is 2.11. The molecule has 16 heavy (non-hydrogen) atoms. The summed E-state index contributed by atoms with van der Waals surface area (Å²) in [5.74, 6) is -0.221. The van der Waals surface area contributed by atoms with Gasteiger partial charge in [0.2, 0.25) is 11.7 Å². The molecule has 0 saturated heterocycles. The van der Waals surface area contributed by atoms with Crippen LogP contribution in [0.3, 0.4) is 0 Å². The molecule has 1 aromatic heterocycles. The number of nitrogens with zero attached hydrogens (tertiary/aromatic N) is 2. The molecule has 0 fully saturated rings.